The van der Waals surface area contributed by atoms with Gasteiger partial charge in [0.2, 0.25) is 0 Å². The number of aromatic amines is 1. The molecule has 1 aromatic heterocycles. The lowest BCUT2D eigenvalue weighted by atomic mass is 10.1. The zero-order valence-electron chi connectivity index (χ0n) is 10.3. The lowest BCUT2D eigenvalue weighted by Gasteiger charge is -2.12. The van der Waals surface area contributed by atoms with Crippen LogP contribution in [0.4, 0.5) is 0 Å². The van der Waals surface area contributed by atoms with E-state index in [1.54, 1.807) is 0 Å². The van der Waals surface area contributed by atoms with E-state index in [1.165, 1.54) is 11.8 Å². The van der Waals surface area contributed by atoms with Crippen LogP contribution < -0.4 is 5.32 Å². The molecule has 0 aliphatic rings. The van der Waals surface area contributed by atoms with Gasteiger partial charge in [0, 0.05) is 6.04 Å². The average molecular weight is 244 g/mol. The van der Waals surface area contributed by atoms with E-state index in [0.717, 1.165) is 12.8 Å². The van der Waals surface area contributed by atoms with Crippen LogP contribution in [-0.2, 0) is 6.42 Å². The molecule has 0 spiro atoms. The number of amides is 1. The van der Waals surface area contributed by atoms with Crippen LogP contribution in [0.3, 0.4) is 0 Å². The van der Waals surface area contributed by atoms with Gasteiger partial charge in [-0.3, -0.25) is 4.79 Å². The molecule has 0 aliphatic heterocycles. The molecule has 2 N–H and O–H groups in total. The maximum atomic E-state index is 11.7. The molecule has 18 heavy (non-hydrogen) atoms. The van der Waals surface area contributed by atoms with Crippen LogP contribution in [0, 0.1) is 0 Å². The summed E-state index contributed by atoms with van der Waals surface area (Å²) in [6.45, 7) is 1.99. The molecule has 0 aliphatic carbocycles. The predicted octanol–water partition coefficient (Wildman–Crippen LogP) is 1.56. The molecular formula is C13H16N4O. The van der Waals surface area contributed by atoms with Crippen molar-refractivity contribution in [1.29, 1.82) is 0 Å². The zero-order valence-corrected chi connectivity index (χ0v) is 10.3. The van der Waals surface area contributed by atoms with Crippen LogP contribution in [0.25, 0.3) is 0 Å². The minimum atomic E-state index is -0.190. The minimum Gasteiger partial charge on any atom is -0.348 e. The number of aryl methyl sites for hydroxylation is 1. The number of rotatable bonds is 5. The molecule has 0 saturated carbocycles. The first kappa shape index (κ1) is 12.3. The van der Waals surface area contributed by atoms with E-state index in [4.69, 9.17) is 0 Å². The molecule has 2 aromatic rings. The minimum absolute atomic E-state index is 0.106. The van der Waals surface area contributed by atoms with Gasteiger partial charge in [0.1, 0.15) is 0 Å². The number of nitrogens with one attached hydrogen (secondary N) is 2. The van der Waals surface area contributed by atoms with Crippen molar-refractivity contribution in [2.75, 3.05) is 0 Å². The van der Waals surface area contributed by atoms with E-state index in [-0.39, 0.29) is 11.9 Å². The van der Waals surface area contributed by atoms with Crippen LogP contribution in [0.5, 0.6) is 0 Å². The molecule has 94 valence electrons. The Balaban J connectivity index is 1.79. The number of H-pyrrole nitrogens is 1. The SMILES string of the molecule is CC(CCc1ccccc1)NC(=O)c1cn[nH]n1. The van der Waals surface area contributed by atoms with Crippen LogP contribution >= 0.6 is 0 Å². The Morgan fingerprint density at radius 3 is 2.83 bits per heavy atom. The van der Waals surface area contributed by atoms with Gasteiger partial charge in [-0.05, 0) is 25.3 Å². The Kier molecular flexibility index (Phi) is 4.06. The molecule has 0 radical (unpaired) electrons. The number of aromatic nitrogens is 3. The molecule has 2 rings (SSSR count). The van der Waals surface area contributed by atoms with Crippen molar-refractivity contribution in [1.82, 2.24) is 20.7 Å². The molecule has 1 aromatic carbocycles. The van der Waals surface area contributed by atoms with Gasteiger partial charge in [-0.2, -0.15) is 15.4 Å². The molecule has 0 bridgehead atoms. The largest absolute Gasteiger partial charge is 0.348 e. The van der Waals surface area contributed by atoms with Crippen LogP contribution in [-0.4, -0.2) is 27.4 Å². The van der Waals surface area contributed by atoms with Gasteiger partial charge < -0.3 is 5.32 Å². The van der Waals surface area contributed by atoms with Crippen molar-refractivity contribution < 1.29 is 4.79 Å². The predicted molar refractivity (Wildman–Crippen MR) is 68.1 cm³/mol. The Hall–Kier alpha value is -2.17. The number of hydrogen-bond acceptors (Lipinski definition) is 3. The maximum absolute atomic E-state index is 11.7. The lowest BCUT2D eigenvalue weighted by molar-refractivity contribution is 0.0933. The van der Waals surface area contributed by atoms with Crippen molar-refractivity contribution in [2.45, 2.75) is 25.8 Å². The summed E-state index contributed by atoms with van der Waals surface area (Å²) in [5.41, 5.74) is 1.60. The molecule has 1 heterocycles. The molecule has 0 fully saturated rings. The first-order valence-corrected chi connectivity index (χ1v) is 5.96. The molecule has 5 heteroatoms. The summed E-state index contributed by atoms with van der Waals surface area (Å²) in [5.74, 6) is -0.190. The Morgan fingerprint density at radius 2 is 2.17 bits per heavy atom. The fraction of sp³-hybridized carbons (Fsp3) is 0.308. The van der Waals surface area contributed by atoms with Gasteiger partial charge in [0.15, 0.2) is 5.69 Å². The van der Waals surface area contributed by atoms with Gasteiger partial charge in [-0.25, -0.2) is 0 Å². The highest BCUT2D eigenvalue weighted by Gasteiger charge is 2.11. The molecule has 1 atom stereocenters. The smallest absolute Gasteiger partial charge is 0.273 e. The summed E-state index contributed by atoms with van der Waals surface area (Å²) in [6, 6.07) is 10.3. The molecule has 5 nitrogen and oxygen atoms in total. The fourth-order valence-electron chi connectivity index (χ4n) is 1.71. The molecule has 0 saturated heterocycles. The highest BCUT2D eigenvalue weighted by atomic mass is 16.2. The topological polar surface area (TPSA) is 70.7 Å². The van der Waals surface area contributed by atoms with E-state index in [1.807, 2.05) is 25.1 Å². The van der Waals surface area contributed by atoms with Gasteiger partial charge in [0.25, 0.3) is 5.91 Å². The van der Waals surface area contributed by atoms with Crippen LogP contribution in [0.15, 0.2) is 36.5 Å². The normalized spacial score (nSPS) is 12.1. The van der Waals surface area contributed by atoms with Crippen molar-refractivity contribution in [3.05, 3.63) is 47.8 Å². The fourth-order valence-corrected chi connectivity index (χ4v) is 1.71. The van der Waals surface area contributed by atoms with Crippen molar-refractivity contribution in [3.63, 3.8) is 0 Å². The summed E-state index contributed by atoms with van der Waals surface area (Å²) in [4.78, 5) is 11.7. The monoisotopic (exact) mass is 244 g/mol. The summed E-state index contributed by atoms with van der Waals surface area (Å²) in [6.07, 6.45) is 3.26. The van der Waals surface area contributed by atoms with Crippen LogP contribution in [0.1, 0.15) is 29.4 Å². The summed E-state index contributed by atoms with van der Waals surface area (Å²) in [5, 5.41) is 12.7. The van der Waals surface area contributed by atoms with Gasteiger partial charge in [-0.15, -0.1) is 0 Å². The van der Waals surface area contributed by atoms with Gasteiger partial charge in [0.05, 0.1) is 6.20 Å². The third-order valence-corrected chi connectivity index (χ3v) is 2.73. The maximum Gasteiger partial charge on any atom is 0.273 e. The quantitative estimate of drug-likeness (QED) is 0.838. The van der Waals surface area contributed by atoms with Crippen LogP contribution in [0.2, 0.25) is 0 Å². The standard InChI is InChI=1S/C13H16N4O/c1-10(7-8-11-5-3-2-4-6-11)15-13(18)12-9-14-17-16-12/h2-6,9-10H,7-8H2,1H3,(H,15,18)(H,14,16,17). The third kappa shape index (κ3) is 3.41. The van der Waals surface area contributed by atoms with Gasteiger partial charge in [-0.1, -0.05) is 30.3 Å². The number of carbonyl (C=O) groups excluding carboxylic acids is 1. The highest BCUT2D eigenvalue weighted by molar-refractivity contribution is 5.91. The van der Waals surface area contributed by atoms with E-state index >= 15 is 0 Å². The Bertz CT molecular complexity index is 481. The molecular weight excluding hydrogens is 228 g/mol. The van der Waals surface area contributed by atoms with E-state index < -0.39 is 0 Å². The zero-order chi connectivity index (χ0) is 12.8. The van der Waals surface area contributed by atoms with Crippen molar-refractivity contribution in [2.24, 2.45) is 0 Å². The first-order chi connectivity index (χ1) is 8.75. The third-order valence-electron chi connectivity index (χ3n) is 2.73. The number of hydrogen-bond donors (Lipinski definition) is 2. The molecule has 1 unspecified atom stereocenters. The Morgan fingerprint density at radius 1 is 1.39 bits per heavy atom. The van der Waals surface area contributed by atoms with E-state index in [0.29, 0.717) is 5.69 Å². The molecule has 1 amide bonds. The van der Waals surface area contributed by atoms with Crippen molar-refractivity contribution in [3.8, 4) is 0 Å². The van der Waals surface area contributed by atoms with E-state index in [9.17, 15) is 4.79 Å². The number of carbonyl (C=O) groups is 1. The average Bonchev–Trinajstić information content (AvgIpc) is 2.91. The first-order valence-electron chi connectivity index (χ1n) is 5.96. The summed E-state index contributed by atoms with van der Waals surface area (Å²) in [7, 11) is 0. The van der Waals surface area contributed by atoms with Crippen molar-refractivity contribution >= 4 is 5.91 Å². The second-order valence-corrected chi connectivity index (χ2v) is 4.25. The summed E-state index contributed by atoms with van der Waals surface area (Å²) < 4.78 is 0. The van der Waals surface area contributed by atoms with E-state index in [2.05, 4.69) is 32.9 Å². The second-order valence-electron chi connectivity index (χ2n) is 4.25. The Labute approximate surface area is 106 Å². The highest BCUT2D eigenvalue weighted by Crippen LogP contribution is 2.05. The summed E-state index contributed by atoms with van der Waals surface area (Å²) >= 11 is 0. The number of benzene rings is 1. The lowest BCUT2D eigenvalue weighted by Crippen LogP contribution is -2.33. The second kappa shape index (κ2) is 5.95. The van der Waals surface area contributed by atoms with Gasteiger partial charge >= 0.3 is 0 Å². The number of nitrogens with zero attached hydrogens (tertiary/aromatic N) is 2.